The van der Waals surface area contributed by atoms with Crippen molar-refractivity contribution in [3.63, 3.8) is 0 Å². The van der Waals surface area contributed by atoms with Crippen LogP contribution in [0.3, 0.4) is 0 Å². The molecule has 1 saturated heterocycles. The first-order chi connectivity index (χ1) is 7.10. The Bertz CT molecular complexity index is 299. The Balaban J connectivity index is 2.59. The largest absolute Gasteiger partial charge is 0.330 e. The summed E-state index contributed by atoms with van der Waals surface area (Å²) in [5.74, 6) is 0.478. The summed E-state index contributed by atoms with van der Waals surface area (Å²) in [6.45, 7) is 5.39. The van der Waals surface area contributed by atoms with Crippen LogP contribution in [-0.4, -0.2) is 38.1 Å². The molecule has 88 valence electrons. The van der Waals surface area contributed by atoms with Crippen LogP contribution in [0.1, 0.15) is 19.3 Å². The Morgan fingerprint density at radius 1 is 1.53 bits per heavy atom. The minimum atomic E-state index is -3.11. The zero-order valence-corrected chi connectivity index (χ0v) is 9.88. The van der Waals surface area contributed by atoms with Gasteiger partial charge in [-0.15, -0.1) is 6.58 Å². The predicted molar refractivity (Wildman–Crippen MR) is 62.0 cm³/mol. The number of nitrogens with zero attached hydrogens (tertiary/aromatic N) is 1. The molecule has 1 rings (SSSR count). The second kappa shape index (κ2) is 5.63. The van der Waals surface area contributed by atoms with E-state index in [0.717, 1.165) is 19.3 Å². The molecule has 15 heavy (non-hydrogen) atoms. The molecule has 0 amide bonds. The zero-order valence-electron chi connectivity index (χ0n) is 9.06. The summed E-state index contributed by atoms with van der Waals surface area (Å²) < 4.78 is 25.1. The van der Waals surface area contributed by atoms with Gasteiger partial charge in [0.15, 0.2) is 0 Å². The first kappa shape index (κ1) is 12.7. The van der Waals surface area contributed by atoms with Crippen molar-refractivity contribution in [2.24, 2.45) is 11.7 Å². The van der Waals surface area contributed by atoms with E-state index in [1.807, 2.05) is 0 Å². The maximum Gasteiger partial charge on any atom is 0.217 e. The minimum Gasteiger partial charge on any atom is -0.330 e. The van der Waals surface area contributed by atoms with Gasteiger partial charge in [0.1, 0.15) is 0 Å². The maximum atomic E-state index is 11.8. The highest BCUT2D eigenvalue weighted by molar-refractivity contribution is 7.89. The lowest BCUT2D eigenvalue weighted by molar-refractivity contribution is 0.259. The van der Waals surface area contributed by atoms with Gasteiger partial charge in [-0.1, -0.05) is 6.08 Å². The number of rotatable bonds is 5. The third-order valence-electron chi connectivity index (χ3n) is 2.78. The van der Waals surface area contributed by atoms with Gasteiger partial charge >= 0.3 is 0 Å². The summed E-state index contributed by atoms with van der Waals surface area (Å²) >= 11 is 0. The van der Waals surface area contributed by atoms with Gasteiger partial charge in [-0.05, 0) is 31.7 Å². The quantitative estimate of drug-likeness (QED) is 0.705. The predicted octanol–water partition coefficient (Wildman–Crippen LogP) is 0.563. The van der Waals surface area contributed by atoms with Crippen molar-refractivity contribution in [1.29, 1.82) is 0 Å². The Morgan fingerprint density at radius 2 is 2.27 bits per heavy atom. The molecule has 2 N–H and O–H groups in total. The second-order valence-electron chi connectivity index (χ2n) is 4.01. The fourth-order valence-electron chi connectivity index (χ4n) is 2.01. The van der Waals surface area contributed by atoms with Crippen LogP contribution >= 0.6 is 0 Å². The van der Waals surface area contributed by atoms with Gasteiger partial charge in [0.2, 0.25) is 10.0 Å². The third-order valence-corrected chi connectivity index (χ3v) is 4.55. The molecular formula is C10H20N2O2S. The van der Waals surface area contributed by atoms with Crippen LogP contribution in [0.2, 0.25) is 0 Å². The SMILES string of the molecule is C=CCS(=O)(=O)N1CCCC(CCN)C1. The molecule has 1 aliphatic rings. The fourth-order valence-corrected chi connectivity index (χ4v) is 3.36. The molecule has 4 nitrogen and oxygen atoms in total. The number of hydrogen-bond acceptors (Lipinski definition) is 3. The first-order valence-electron chi connectivity index (χ1n) is 5.39. The molecular weight excluding hydrogens is 212 g/mol. The van der Waals surface area contributed by atoms with E-state index in [-0.39, 0.29) is 5.75 Å². The molecule has 0 aromatic rings. The summed E-state index contributed by atoms with van der Waals surface area (Å²) in [7, 11) is -3.11. The smallest absolute Gasteiger partial charge is 0.217 e. The van der Waals surface area contributed by atoms with Crippen LogP contribution in [0.5, 0.6) is 0 Å². The molecule has 5 heteroatoms. The van der Waals surface area contributed by atoms with E-state index in [9.17, 15) is 8.42 Å². The zero-order chi connectivity index (χ0) is 11.3. The van der Waals surface area contributed by atoms with Gasteiger partial charge in [-0.2, -0.15) is 0 Å². The molecule has 1 unspecified atom stereocenters. The average Bonchev–Trinajstić information content (AvgIpc) is 2.19. The van der Waals surface area contributed by atoms with E-state index in [1.54, 1.807) is 4.31 Å². The molecule has 1 fully saturated rings. The van der Waals surface area contributed by atoms with Crippen molar-refractivity contribution >= 4 is 10.0 Å². The Hall–Kier alpha value is -0.390. The van der Waals surface area contributed by atoms with Crippen LogP contribution in [-0.2, 0) is 10.0 Å². The van der Waals surface area contributed by atoms with E-state index in [4.69, 9.17) is 5.73 Å². The maximum absolute atomic E-state index is 11.8. The molecule has 1 aliphatic heterocycles. The normalized spacial score (nSPS) is 23.9. The number of piperidine rings is 1. The Labute approximate surface area is 92.2 Å². The van der Waals surface area contributed by atoms with E-state index < -0.39 is 10.0 Å². The highest BCUT2D eigenvalue weighted by atomic mass is 32.2. The molecule has 0 aromatic carbocycles. The van der Waals surface area contributed by atoms with Gasteiger partial charge in [0, 0.05) is 13.1 Å². The van der Waals surface area contributed by atoms with E-state index >= 15 is 0 Å². The molecule has 0 spiro atoms. The summed E-state index contributed by atoms with van der Waals surface area (Å²) in [6.07, 6.45) is 4.40. The van der Waals surface area contributed by atoms with Crippen LogP contribution in [0.15, 0.2) is 12.7 Å². The standard InChI is InChI=1S/C10H20N2O2S/c1-2-8-15(13,14)12-7-3-4-10(9-12)5-6-11/h2,10H,1,3-9,11H2. The van der Waals surface area contributed by atoms with Crippen molar-refractivity contribution in [2.75, 3.05) is 25.4 Å². The Morgan fingerprint density at radius 3 is 2.87 bits per heavy atom. The average molecular weight is 232 g/mol. The molecule has 0 radical (unpaired) electrons. The van der Waals surface area contributed by atoms with Gasteiger partial charge in [-0.3, -0.25) is 0 Å². The van der Waals surface area contributed by atoms with Crippen molar-refractivity contribution in [3.8, 4) is 0 Å². The van der Waals surface area contributed by atoms with Crippen molar-refractivity contribution < 1.29 is 8.42 Å². The molecule has 1 heterocycles. The van der Waals surface area contributed by atoms with E-state index in [0.29, 0.717) is 25.6 Å². The lowest BCUT2D eigenvalue weighted by Gasteiger charge is -2.31. The molecule has 0 aliphatic carbocycles. The summed E-state index contributed by atoms with van der Waals surface area (Å²) in [6, 6.07) is 0. The molecule has 0 aromatic heterocycles. The lowest BCUT2D eigenvalue weighted by atomic mass is 9.96. The number of hydrogen-bond donors (Lipinski definition) is 1. The highest BCUT2D eigenvalue weighted by Crippen LogP contribution is 2.21. The number of nitrogens with two attached hydrogens (primary N) is 1. The summed E-state index contributed by atoms with van der Waals surface area (Å²) in [5, 5.41) is 0. The van der Waals surface area contributed by atoms with Crippen molar-refractivity contribution in [2.45, 2.75) is 19.3 Å². The van der Waals surface area contributed by atoms with Gasteiger partial charge < -0.3 is 5.73 Å². The van der Waals surface area contributed by atoms with Crippen LogP contribution < -0.4 is 5.73 Å². The van der Waals surface area contributed by atoms with Crippen molar-refractivity contribution in [3.05, 3.63) is 12.7 Å². The van der Waals surface area contributed by atoms with Crippen molar-refractivity contribution in [1.82, 2.24) is 4.31 Å². The van der Waals surface area contributed by atoms with E-state index in [1.165, 1.54) is 6.08 Å². The summed E-state index contributed by atoms with van der Waals surface area (Å²) in [4.78, 5) is 0. The van der Waals surface area contributed by atoms with Gasteiger partial charge in [0.05, 0.1) is 5.75 Å². The topological polar surface area (TPSA) is 63.4 Å². The molecule has 0 bridgehead atoms. The highest BCUT2D eigenvalue weighted by Gasteiger charge is 2.27. The first-order valence-corrected chi connectivity index (χ1v) is 7.00. The van der Waals surface area contributed by atoms with Crippen LogP contribution in [0, 0.1) is 5.92 Å². The van der Waals surface area contributed by atoms with Crippen LogP contribution in [0.4, 0.5) is 0 Å². The lowest BCUT2D eigenvalue weighted by Crippen LogP contribution is -2.41. The minimum absolute atomic E-state index is 0.0440. The molecule has 1 atom stereocenters. The monoisotopic (exact) mass is 232 g/mol. The Kier molecular flexibility index (Phi) is 4.76. The fraction of sp³-hybridized carbons (Fsp3) is 0.800. The third kappa shape index (κ3) is 3.59. The van der Waals surface area contributed by atoms with Gasteiger partial charge in [-0.25, -0.2) is 12.7 Å². The van der Waals surface area contributed by atoms with Crippen LogP contribution in [0.25, 0.3) is 0 Å². The number of sulfonamides is 1. The molecule has 0 saturated carbocycles. The van der Waals surface area contributed by atoms with E-state index in [2.05, 4.69) is 6.58 Å². The summed E-state index contributed by atoms with van der Waals surface area (Å²) in [5.41, 5.74) is 5.49. The van der Waals surface area contributed by atoms with Gasteiger partial charge in [0.25, 0.3) is 0 Å². The second-order valence-corrected chi connectivity index (χ2v) is 6.02.